The van der Waals surface area contributed by atoms with E-state index in [0.29, 0.717) is 17.3 Å². The van der Waals surface area contributed by atoms with Gasteiger partial charge in [0.2, 0.25) is 5.95 Å². The van der Waals surface area contributed by atoms with Crippen LogP contribution in [0.15, 0.2) is 84.9 Å². The van der Waals surface area contributed by atoms with Crippen LogP contribution in [0.4, 0.5) is 16.3 Å². The van der Waals surface area contributed by atoms with Crippen molar-refractivity contribution in [3.63, 3.8) is 0 Å². The number of allylic oxidation sites excluding steroid dienone is 1. The van der Waals surface area contributed by atoms with Crippen LogP contribution in [-0.4, -0.2) is 27.8 Å². The first-order valence-electron chi connectivity index (χ1n) is 10.3. The number of benzene rings is 3. The van der Waals surface area contributed by atoms with Crippen molar-refractivity contribution in [3.05, 3.63) is 107 Å². The zero-order chi connectivity index (χ0) is 22.8. The van der Waals surface area contributed by atoms with Crippen molar-refractivity contribution in [2.45, 2.75) is 6.04 Å². The fraction of sp³-hybridized carbons (Fsp3) is 0.0800. The summed E-state index contributed by atoms with van der Waals surface area (Å²) in [5, 5.41) is 10.5. The highest BCUT2D eigenvalue weighted by molar-refractivity contribution is 6.03. The Bertz CT molecular complexity index is 1320. The average molecular weight is 441 g/mol. The van der Waals surface area contributed by atoms with Crippen LogP contribution in [0.25, 0.3) is 5.70 Å². The van der Waals surface area contributed by atoms with Gasteiger partial charge in [-0.3, -0.25) is 10.1 Å². The highest BCUT2D eigenvalue weighted by Gasteiger charge is 2.26. The number of hydrogen-bond acceptors (Lipinski definition) is 5. The number of hydrogen-bond donors (Lipinski definition) is 2. The van der Waals surface area contributed by atoms with Gasteiger partial charge in [-0.25, -0.2) is 9.07 Å². The van der Waals surface area contributed by atoms with E-state index in [2.05, 4.69) is 20.7 Å². The van der Waals surface area contributed by atoms with E-state index in [4.69, 9.17) is 4.74 Å². The third-order valence-electron chi connectivity index (χ3n) is 5.34. The zero-order valence-corrected chi connectivity index (χ0v) is 17.7. The third kappa shape index (κ3) is 4.18. The fourth-order valence-corrected chi connectivity index (χ4v) is 3.65. The number of rotatable bonds is 5. The molecular weight excluding hydrogens is 421 g/mol. The van der Waals surface area contributed by atoms with Gasteiger partial charge in [-0.2, -0.15) is 4.98 Å². The molecule has 1 atom stereocenters. The van der Waals surface area contributed by atoms with Gasteiger partial charge in [0, 0.05) is 11.3 Å². The number of amides is 1. The molecule has 7 nitrogen and oxygen atoms in total. The topological polar surface area (TPSA) is 81.1 Å². The summed E-state index contributed by atoms with van der Waals surface area (Å²) >= 11 is 0. The minimum Gasteiger partial charge on any atom is -0.497 e. The van der Waals surface area contributed by atoms with Gasteiger partial charge in [0.05, 0.1) is 7.11 Å². The number of nitrogens with one attached hydrogen (secondary N) is 2. The molecule has 0 saturated carbocycles. The van der Waals surface area contributed by atoms with Gasteiger partial charge in [-0.1, -0.05) is 42.5 Å². The van der Waals surface area contributed by atoms with E-state index in [1.165, 1.54) is 12.1 Å². The summed E-state index contributed by atoms with van der Waals surface area (Å²) in [6.45, 7) is 0. The second kappa shape index (κ2) is 8.58. The molecular formula is C25H20FN5O2. The number of halogens is 1. The van der Waals surface area contributed by atoms with Gasteiger partial charge in [-0.15, -0.1) is 5.10 Å². The lowest BCUT2D eigenvalue weighted by Crippen LogP contribution is -2.20. The first-order chi connectivity index (χ1) is 16.1. The van der Waals surface area contributed by atoms with Crippen molar-refractivity contribution in [1.29, 1.82) is 0 Å². The van der Waals surface area contributed by atoms with Crippen LogP contribution in [0, 0.1) is 5.82 Å². The van der Waals surface area contributed by atoms with E-state index >= 15 is 0 Å². The average Bonchev–Trinajstić information content (AvgIpc) is 3.27. The second-order valence-electron chi connectivity index (χ2n) is 7.45. The molecule has 0 radical (unpaired) electrons. The Balaban J connectivity index is 1.47. The van der Waals surface area contributed by atoms with Crippen molar-refractivity contribution >= 4 is 23.5 Å². The second-order valence-corrected chi connectivity index (χ2v) is 7.45. The van der Waals surface area contributed by atoms with Gasteiger partial charge in [0.15, 0.2) is 0 Å². The van der Waals surface area contributed by atoms with Crippen molar-refractivity contribution in [2.24, 2.45) is 0 Å². The maximum absolute atomic E-state index is 13.5. The Morgan fingerprint density at radius 2 is 1.76 bits per heavy atom. The molecule has 1 aliphatic rings. The van der Waals surface area contributed by atoms with Crippen LogP contribution >= 0.6 is 0 Å². The Morgan fingerprint density at radius 1 is 1.03 bits per heavy atom. The molecule has 4 aromatic rings. The molecule has 2 heterocycles. The monoisotopic (exact) mass is 441 g/mol. The zero-order valence-electron chi connectivity index (χ0n) is 17.7. The molecule has 164 valence electrons. The number of methoxy groups -OCH3 is 1. The minimum absolute atomic E-state index is 0.160. The molecule has 0 saturated heterocycles. The van der Waals surface area contributed by atoms with Crippen molar-refractivity contribution in [2.75, 3.05) is 17.7 Å². The summed E-state index contributed by atoms with van der Waals surface area (Å²) in [4.78, 5) is 17.2. The molecule has 0 aliphatic carbocycles. The van der Waals surface area contributed by atoms with E-state index in [0.717, 1.165) is 16.8 Å². The summed E-state index contributed by atoms with van der Waals surface area (Å²) in [6, 6.07) is 22.5. The lowest BCUT2D eigenvalue weighted by molar-refractivity contribution is 0.102. The molecule has 0 unspecified atom stereocenters. The van der Waals surface area contributed by atoms with Gasteiger partial charge in [0.1, 0.15) is 17.6 Å². The summed E-state index contributed by atoms with van der Waals surface area (Å²) in [5.74, 6) is 0.637. The quantitative estimate of drug-likeness (QED) is 0.468. The number of anilines is 2. The summed E-state index contributed by atoms with van der Waals surface area (Å²) in [7, 11) is 1.57. The van der Waals surface area contributed by atoms with Crippen molar-refractivity contribution < 1.29 is 13.9 Å². The van der Waals surface area contributed by atoms with E-state index in [1.54, 1.807) is 48.2 Å². The third-order valence-corrected chi connectivity index (χ3v) is 5.34. The molecule has 0 spiro atoms. The molecule has 33 heavy (non-hydrogen) atoms. The van der Waals surface area contributed by atoms with Gasteiger partial charge in [0.25, 0.3) is 11.9 Å². The lowest BCUT2D eigenvalue weighted by atomic mass is 10.0. The molecule has 3 aromatic carbocycles. The fourth-order valence-electron chi connectivity index (χ4n) is 3.65. The standard InChI is InChI=1S/C25H20FN5O2/c1-33-20-13-9-18(10-14-20)23(32)28-24-29-25-27-21(16-5-3-2-4-6-16)15-22(31(25)30-24)17-7-11-19(26)12-8-17/h2-15,22H,1H3,(H2,27,28,29,30,32)/t22-/m1/s1. The van der Waals surface area contributed by atoms with Crippen LogP contribution in [0.1, 0.15) is 27.5 Å². The highest BCUT2D eigenvalue weighted by Crippen LogP contribution is 2.33. The maximum Gasteiger partial charge on any atom is 0.258 e. The van der Waals surface area contributed by atoms with Gasteiger partial charge >= 0.3 is 0 Å². The smallest absolute Gasteiger partial charge is 0.258 e. The van der Waals surface area contributed by atoms with Crippen LogP contribution in [0.3, 0.4) is 0 Å². The number of carbonyl (C=O) groups is 1. The van der Waals surface area contributed by atoms with Crippen molar-refractivity contribution in [3.8, 4) is 5.75 Å². The largest absolute Gasteiger partial charge is 0.497 e. The number of ether oxygens (including phenoxy) is 1. The molecule has 2 N–H and O–H groups in total. The number of carbonyl (C=O) groups excluding carboxylic acids is 1. The molecule has 1 aliphatic heterocycles. The Morgan fingerprint density at radius 3 is 2.45 bits per heavy atom. The molecule has 0 bridgehead atoms. The molecule has 1 amide bonds. The molecule has 5 rings (SSSR count). The minimum atomic E-state index is -0.338. The Labute approximate surface area is 189 Å². The molecule has 1 aromatic heterocycles. The van der Waals surface area contributed by atoms with E-state index < -0.39 is 0 Å². The summed E-state index contributed by atoms with van der Waals surface area (Å²) in [5.41, 5.74) is 3.11. The van der Waals surface area contributed by atoms with Crippen LogP contribution in [0.2, 0.25) is 0 Å². The van der Waals surface area contributed by atoms with Crippen molar-refractivity contribution in [1.82, 2.24) is 14.8 Å². The normalized spacial score (nSPS) is 14.6. The Hall–Kier alpha value is -4.46. The summed E-state index contributed by atoms with van der Waals surface area (Å²) < 4.78 is 20.3. The van der Waals surface area contributed by atoms with Gasteiger partial charge < -0.3 is 10.1 Å². The highest BCUT2D eigenvalue weighted by atomic mass is 19.1. The number of nitrogens with zero attached hydrogens (tertiary/aromatic N) is 3. The molecule has 0 fully saturated rings. The Kier molecular flexibility index (Phi) is 5.32. The van der Waals surface area contributed by atoms with E-state index in [9.17, 15) is 9.18 Å². The van der Waals surface area contributed by atoms with Crippen LogP contribution in [0.5, 0.6) is 5.75 Å². The van der Waals surface area contributed by atoms with Crippen LogP contribution in [-0.2, 0) is 0 Å². The number of aromatic nitrogens is 3. The van der Waals surface area contributed by atoms with Crippen LogP contribution < -0.4 is 15.4 Å². The predicted octanol–water partition coefficient (Wildman–Crippen LogP) is 4.73. The predicted molar refractivity (Wildman–Crippen MR) is 124 cm³/mol. The molecule has 8 heteroatoms. The SMILES string of the molecule is COc1ccc(C(=O)Nc2nc3n(n2)[C@@H](c2ccc(F)cc2)C=C(c2ccccc2)N3)cc1. The lowest BCUT2D eigenvalue weighted by Gasteiger charge is -2.24. The summed E-state index contributed by atoms with van der Waals surface area (Å²) in [6.07, 6.45) is 2.00. The first-order valence-corrected chi connectivity index (χ1v) is 10.3. The van der Waals surface area contributed by atoms with Gasteiger partial charge in [-0.05, 0) is 53.6 Å². The first kappa shape index (κ1) is 20.4. The van der Waals surface area contributed by atoms with E-state index in [1.807, 2.05) is 36.4 Å². The van der Waals surface area contributed by atoms with E-state index in [-0.39, 0.29) is 23.7 Å². The number of fused-ring (bicyclic) bond motifs is 1. The maximum atomic E-state index is 13.5.